The molecule has 20 heavy (non-hydrogen) atoms. The Morgan fingerprint density at radius 1 is 0.900 bits per heavy atom. The molecular weight excluding hydrogens is 250 g/mol. The number of aliphatic hydroxyl groups is 1. The summed E-state index contributed by atoms with van der Waals surface area (Å²) in [5, 5.41) is 12.4. The second-order valence-corrected chi connectivity index (χ2v) is 4.75. The molecule has 0 heterocycles. The molecule has 0 aliphatic carbocycles. The highest BCUT2D eigenvalue weighted by molar-refractivity contribution is 5.27. The summed E-state index contributed by atoms with van der Waals surface area (Å²) in [6.07, 6.45) is 0.999. The quantitative estimate of drug-likeness (QED) is 0.760. The third kappa shape index (κ3) is 4.37. The van der Waals surface area contributed by atoms with E-state index in [1.165, 1.54) is 11.1 Å². The van der Waals surface area contributed by atoms with Crippen molar-refractivity contribution in [2.24, 2.45) is 0 Å². The smallest absolute Gasteiger partial charge is 0.118 e. The zero-order chi connectivity index (χ0) is 14.2. The second kappa shape index (κ2) is 7.68. The molecule has 0 saturated carbocycles. The topological polar surface area (TPSA) is 41.5 Å². The van der Waals surface area contributed by atoms with Gasteiger partial charge in [-0.05, 0) is 41.8 Å². The van der Waals surface area contributed by atoms with E-state index in [4.69, 9.17) is 9.84 Å². The first kappa shape index (κ1) is 14.6. The fourth-order valence-electron chi connectivity index (χ4n) is 2.02. The molecule has 0 fully saturated rings. The van der Waals surface area contributed by atoms with Crippen LogP contribution in [0.4, 0.5) is 0 Å². The first-order valence-corrected chi connectivity index (χ1v) is 6.84. The van der Waals surface area contributed by atoms with E-state index >= 15 is 0 Å². The first-order valence-electron chi connectivity index (χ1n) is 6.84. The fourth-order valence-corrected chi connectivity index (χ4v) is 2.02. The molecule has 0 unspecified atom stereocenters. The van der Waals surface area contributed by atoms with E-state index < -0.39 is 0 Å². The van der Waals surface area contributed by atoms with Gasteiger partial charge in [0, 0.05) is 6.54 Å². The number of ether oxygens (including phenoxy) is 1. The van der Waals surface area contributed by atoms with Gasteiger partial charge in [0.15, 0.2) is 0 Å². The van der Waals surface area contributed by atoms with Crippen molar-refractivity contribution < 1.29 is 9.84 Å². The van der Waals surface area contributed by atoms with Crippen LogP contribution in [-0.4, -0.2) is 18.8 Å². The number of hydrogen-bond acceptors (Lipinski definition) is 3. The predicted octanol–water partition coefficient (Wildman–Crippen LogP) is 2.52. The molecule has 3 nitrogen and oxygen atoms in total. The molecule has 0 radical (unpaired) electrons. The largest absolute Gasteiger partial charge is 0.497 e. The van der Waals surface area contributed by atoms with Gasteiger partial charge in [-0.15, -0.1) is 0 Å². The molecule has 3 heteroatoms. The van der Waals surface area contributed by atoms with Gasteiger partial charge in [-0.2, -0.15) is 0 Å². The SMILES string of the molecule is COc1ccc(CCNCc2ccc(CO)cc2)cc1. The van der Waals surface area contributed by atoms with Gasteiger partial charge >= 0.3 is 0 Å². The van der Waals surface area contributed by atoms with E-state index in [-0.39, 0.29) is 6.61 Å². The van der Waals surface area contributed by atoms with Crippen molar-refractivity contribution in [1.82, 2.24) is 5.32 Å². The van der Waals surface area contributed by atoms with Crippen LogP contribution in [-0.2, 0) is 19.6 Å². The normalized spacial score (nSPS) is 10.5. The van der Waals surface area contributed by atoms with Crippen LogP contribution >= 0.6 is 0 Å². The minimum atomic E-state index is 0.102. The van der Waals surface area contributed by atoms with Crippen LogP contribution in [0.5, 0.6) is 5.75 Å². The molecule has 0 atom stereocenters. The van der Waals surface area contributed by atoms with E-state index in [1.54, 1.807) is 7.11 Å². The van der Waals surface area contributed by atoms with Crippen LogP contribution < -0.4 is 10.1 Å². The van der Waals surface area contributed by atoms with Crippen molar-refractivity contribution >= 4 is 0 Å². The van der Waals surface area contributed by atoms with Crippen LogP contribution in [0, 0.1) is 0 Å². The Kier molecular flexibility index (Phi) is 5.59. The molecule has 0 amide bonds. The minimum Gasteiger partial charge on any atom is -0.497 e. The molecule has 2 N–H and O–H groups in total. The van der Waals surface area contributed by atoms with Gasteiger partial charge in [0.2, 0.25) is 0 Å². The standard InChI is InChI=1S/C17H21NO2/c1-20-17-8-6-14(7-9-17)10-11-18-12-15-2-4-16(13-19)5-3-15/h2-9,18-19H,10-13H2,1H3. The van der Waals surface area contributed by atoms with Gasteiger partial charge in [0.25, 0.3) is 0 Å². The lowest BCUT2D eigenvalue weighted by molar-refractivity contribution is 0.282. The number of hydrogen-bond donors (Lipinski definition) is 2. The van der Waals surface area contributed by atoms with Crippen LogP contribution in [0.1, 0.15) is 16.7 Å². The van der Waals surface area contributed by atoms with Crippen molar-refractivity contribution in [3.63, 3.8) is 0 Å². The summed E-state index contributed by atoms with van der Waals surface area (Å²) in [4.78, 5) is 0. The first-order chi connectivity index (χ1) is 9.81. The van der Waals surface area contributed by atoms with Crippen molar-refractivity contribution in [1.29, 1.82) is 0 Å². The van der Waals surface area contributed by atoms with Gasteiger partial charge in [0.05, 0.1) is 13.7 Å². The Labute approximate surface area is 120 Å². The summed E-state index contributed by atoms with van der Waals surface area (Å²) in [5.41, 5.74) is 3.48. The molecule has 0 spiro atoms. The average molecular weight is 271 g/mol. The number of rotatable bonds is 7. The Morgan fingerprint density at radius 2 is 1.50 bits per heavy atom. The monoisotopic (exact) mass is 271 g/mol. The van der Waals surface area contributed by atoms with E-state index in [9.17, 15) is 0 Å². The summed E-state index contributed by atoms with van der Waals surface area (Å²) >= 11 is 0. The Bertz CT molecular complexity index is 456. The molecule has 0 saturated heterocycles. The van der Waals surface area contributed by atoms with Crippen molar-refractivity contribution in [2.45, 2.75) is 19.6 Å². The van der Waals surface area contributed by atoms with Crippen LogP contribution in [0.2, 0.25) is 0 Å². The van der Waals surface area contributed by atoms with E-state index in [2.05, 4.69) is 17.4 Å². The molecule has 0 aromatic heterocycles. The van der Waals surface area contributed by atoms with Crippen molar-refractivity contribution in [3.8, 4) is 5.75 Å². The van der Waals surface area contributed by atoms with Gasteiger partial charge in [-0.3, -0.25) is 0 Å². The maximum atomic E-state index is 8.98. The van der Waals surface area contributed by atoms with Crippen LogP contribution in [0.25, 0.3) is 0 Å². The van der Waals surface area contributed by atoms with Gasteiger partial charge in [0.1, 0.15) is 5.75 Å². The molecule has 0 bridgehead atoms. The number of nitrogens with one attached hydrogen (secondary N) is 1. The second-order valence-electron chi connectivity index (χ2n) is 4.75. The Balaban J connectivity index is 1.72. The van der Waals surface area contributed by atoms with E-state index in [0.717, 1.165) is 30.8 Å². The lowest BCUT2D eigenvalue weighted by atomic mass is 10.1. The highest BCUT2D eigenvalue weighted by Gasteiger charge is 1.96. The Hall–Kier alpha value is -1.84. The highest BCUT2D eigenvalue weighted by atomic mass is 16.5. The molecule has 2 rings (SSSR count). The zero-order valence-electron chi connectivity index (χ0n) is 11.8. The maximum absolute atomic E-state index is 8.98. The molecular formula is C17H21NO2. The van der Waals surface area contributed by atoms with Gasteiger partial charge in [-0.1, -0.05) is 36.4 Å². The van der Waals surface area contributed by atoms with E-state index in [1.807, 2.05) is 36.4 Å². The van der Waals surface area contributed by atoms with Crippen LogP contribution in [0.15, 0.2) is 48.5 Å². The molecule has 2 aromatic carbocycles. The third-order valence-corrected chi connectivity index (χ3v) is 3.28. The zero-order valence-corrected chi connectivity index (χ0v) is 11.8. The molecule has 0 aliphatic heterocycles. The Morgan fingerprint density at radius 3 is 2.10 bits per heavy atom. The summed E-state index contributed by atoms with van der Waals surface area (Å²) in [5.74, 6) is 0.894. The van der Waals surface area contributed by atoms with E-state index in [0.29, 0.717) is 0 Å². The lowest BCUT2D eigenvalue weighted by Crippen LogP contribution is -2.16. The fraction of sp³-hybridized carbons (Fsp3) is 0.294. The van der Waals surface area contributed by atoms with Gasteiger partial charge in [-0.25, -0.2) is 0 Å². The molecule has 2 aromatic rings. The molecule has 106 valence electrons. The third-order valence-electron chi connectivity index (χ3n) is 3.28. The lowest BCUT2D eigenvalue weighted by Gasteiger charge is -2.06. The van der Waals surface area contributed by atoms with Gasteiger partial charge < -0.3 is 15.2 Å². The average Bonchev–Trinajstić information content (AvgIpc) is 2.53. The minimum absolute atomic E-state index is 0.102. The summed E-state index contributed by atoms with van der Waals surface area (Å²) in [6, 6.07) is 16.2. The maximum Gasteiger partial charge on any atom is 0.118 e. The van der Waals surface area contributed by atoms with Crippen LogP contribution in [0.3, 0.4) is 0 Å². The highest BCUT2D eigenvalue weighted by Crippen LogP contribution is 2.11. The number of benzene rings is 2. The van der Waals surface area contributed by atoms with Crippen molar-refractivity contribution in [3.05, 3.63) is 65.2 Å². The predicted molar refractivity (Wildman–Crippen MR) is 80.8 cm³/mol. The van der Waals surface area contributed by atoms with Crippen molar-refractivity contribution in [2.75, 3.05) is 13.7 Å². The number of methoxy groups -OCH3 is 1. The summed E-state index contributed by atoms with van der Waals surface area (Å²) < 4.78 is 5.14. The summed E-state index contributed by atoms with van der Waals surface area (Å²) in [6.45, 7) is 1.89. The molecule has 0 aliphatic rings. The summed E-state index contributed by atoms with van der Waals surface area (Å²) in [7, 11) is 1.68. The number of aliphatic hydroxyl groups excluding tert-OH is 1.